The molecule has 0 heterocycles. The van der Waals surface area contributed by atoms with Crippen LogP contribution in [-0.2, 0) is 14.3 Å². The van der Waals surface area contributed by atoms with Crippen LogP contribution in [0.25, 0.3) is 0 Å². The topological polar surface area (TPSA) is 83.8 Å². The van der Waals surface area contributed by atoms with Crippen LogP contribution >= 0.6 is 0 Å². The third-order valence-electron chi connectivity index (χ3n) is 3.77. The van der Waals surface area contributed by atoms with E-state index < -0.39 is 17.7 Å². The van der Waals surface area contributed by atoms with E-state index in [2.05, 4.69) is 11.7 Å². The molecule has 0 fully saturated rings. The maximum Gasteiger partial charge on any atom is 0.377 e. The van der Waals surface area contributed by atoms with Gasteiger partial charge in [-0.15, -0.1) is 0 Å². The number of esters is 1. The molecule has 0 aliphatic rings. The molecule has 0 radical (unpaired) electrons. The van der Waals surface area contributed by atoms with Crippen LogP contribution in [0.2, 0.25) is 0 Å². The SMILES string of the molecule is CCCCCCCCCCCCC[C@](O)(OC(C)=O)C(=O)O. The first-order chi connectivity index (χ1) is 10.4. The minimum Gasteiger partial charge on any atom is -0.476 e. The number of carbonyl (C=O) groups is 2. The third-order valence-corrected chi connectivity index (χ3v) is 3.77. The van der Waals surface area contributed by atoms with Gasteiger partial charge in [-0.3, -0.25) is 4.79 Å². The molecule has 22 heavy (non-hydrogen) atoms. The molecule has 0 bridgehead atoms. The zero-order valence-corrected chi connectivity index (χ0v) is 14.1. The lowest BCUT2D eigenvalue weighted by molar-refractivity contribution is -0.224. The monoisotopic (exact) mass is 316 g/mol. The third kappa shape index (κ3) is 10.6. The average molecular weight is 316 g/mol. The van der Waals surface area contributed by atoms with Gasteiger partial charge in [0, 0.05) is 13.3 Å². The van der Waals surface area contributed by atoms with Gasteiger partial charge in [-0.2, -0.15) is 0 Å². The Morgan fingerprint density at radius 2 is 1.27 bits per heavy atom. The van der Waals surface area contributed by atoms with Crippen LogP contribution in [-0.4, -0.2) is 27.9 Å². The normalized spacial score (nSPS) is 13.6. The number of hydrogen-bond donors (Lipinski definition) is 2. The maximum atomic E-state index is 10.9. The number of aliphatic hydroxyl groups is 1. The summed E-state index contributed by atoms with van der Waals surface area (Å²) in [5.74, 6) is -4.66. The molecule has 0 aromatic rings. The molecule has 0 aliphatic heterocycles. The van der Waals surface area contributed by atoms with Crippen LogP contribution in [0.5, 0.6) is 0 Å². The Kier molecular flexibility index (Phi) is 11.8. The highest BCUT2D eigenvalue weighted by atomic mass is 16.7. The van der Waals surface area contributed by atoms with Crippen LogP contribution in [0.3, 0.4) is 0 Å². The summed E-state index contributed by atoms with van der Waals surface area (Å²) in [6.45, 7) is 3.31. The van der Waals surface area contributed by atoms with Gasteiger partial charge in [-0.05, 0) is 6.42 Å². The summed E-state index contributed by atoms with van der Waals surface area (Å²) in [4.78, 5) is 21.8. The Hall–Kier alpha value is -1.10. The van der Waals surface area contributed by atoms with E-state index in [1.54, 1.807) is 0 Å². The van der Waals surface area contributed by atoms with Gasteiger partial charge in [0.15, 0.2) is 0 Å². The minimum atomic E-state index is -2.37. The van der Waals surface area contributed by atoms with Crippen molar-refractivity contribution in [3.05, 3.63) is 0 Å². The van der Waals surface area contributed by atoms with E-state index in [9.17, 15) is 14.7 Å². The van der Waals surface area contributed by atoms with Crippen molar-refractivity contribution < 1.29 is 24.5 Å². The van der Waals surface area contributed by atoms with Crippen molar-refractivity contribution in [2.24, 2.45) is 0 Å². The molecule has 130 valence electrons. The van der Waals surface area contributed by atoms with Crippen molar-refractivity contribution in [1.29, 1.82) is 0 Å². The van der Waals surface area contributed by atoms with Crippen molar-refractivity contribution >= 4 is 11.9 Å². The fraction of sp³-hybridized carbons (Fsp3) is 0.882. The van der Waals surface area contributed by atoms with E-state index >= 15 is 0 Å². The van der Waals surface area contributed by atoms with E-state index in [1.165, 1.54) is 44.9 Å². The molecular weight excluding hydrogens is 284 g/mol. The summed E-state index contributed by atoms with van der Waals surface area (Å²) in [6.07, 6.45) is 12.5. The number of carbonyl (C=O) groups excluding carboxylic acids is 1. The molecule has 0 aliphatic carbocycles. The Morgan fingerprint density at radius 1 is 0.864 bits per heavy atom. The molecule has 0 aromatic heterocycles. The zero-order chi connectivity index (χ0) is 16.8. The summed E-state index contributed by atoms with van der Waals surface area (Å²) in [5.41, 5.74) is 0. The van der Waals surface area contributed by atoms with Crippen LogP contribution in [0.4, 0.5) is 0 Å². The fourth-order valence-electron chi connectivity index (χ4n) is 2.47. The van der Waals surface area contributed by atoms with Crippen LogP contribution < -0.4 is 0 Å². The maximum absolute atomic E-state index is 10.9. The van der Waals surface area contributed by atoms with Gasteiger partial charge < -0.3 is 14.9 Å². The predicted octanol–water partition coefficient (Wildman–Crippen LogP) is 4.02. The predicted molar refractivity (Wildman–Crippen MR) is 85.4 cm³/mol. The lowest BCUT2D eigenvalue weighted by atomic mass is 10.0. The first kappa shape index (κ1) is 20.9. The van der Waals surface area contributed by atoms with E-state index in [-0.39, 0.29) is 6.42 Å². The Labute approximate surface area is 134 Å². The molecule has 0 rings (SSSR count). The molecule has 0 aromatic carbocycles. The van der Waals surface area contributed by atoms with Gasteiger partial charge in [-0.25, -0.2) is 4.79 Å². The Balaban J connectivity index is 3.58. The lowest BCUT2D eigenvalue weighted by Crippen LogP contribution is -2.42. The Bertz CT molecular complexity index is 316. The second-order valence-electron chi connectivity index (χ2n) is 5.97. The molecule has 0 amide bonds. The summed E-state index contributed by atoms with van der Waals surface area (Å²) >= 11 is 0. The molecule has 2 N–H and O–H groups in total. The molecule has 0 spiro atoms. The first-order valence-electron chi connectivity index (χ1n) is 8.57. The molecule has 1 atom stereocenters. The summed E-state index contributed by atoms with van der Waals surface area (Å²) in [7, 11) is 0. The van der Waals surface area contributed by atoms with Crippen molar-refractivity contribution in [3.63, 3.8) is 0 Å². The van der Waals surface area contributed by atoms with Gasteiger partial charge in [-0.1, -0.05) is 71.1 Å². The van der Waals surface area contributed by atoms with Crippen LogP contribution in [0.15, 0.2) is 0 Å². The van der Waals surface area contributed by atoms with Gasteiger partial charge >= 0.3 is 17.7 Å². The standard InChI is InChI=1S/C17H32O5/c1-3-4-5-6-7-8-9-10-11-12-13-14-17(21,16(19)20)22-15(2)18/h21H,3-14H2,1-2H3,(H,19,20)/t17-/m0/s1. The summed E-state index contributed by atoms with van der Waals surface area (Å²) in [6, 6.07) is 0. The smallest absolute Gasteiger partial charge is 0.377 e. The van der Waals surface area contributed by atoms with Crippen molar-refractivity contribution in [3.8, 4) is 0 Å². The van der Waals surface area contributed by atoms with Crippen molar-refractivity contribution in [2.75, 3.05) is 0 Å². The second kappa shape index (κ2) is 12.4. The number of hydrogen-bond acceptors (Lipinski definition) is 4. The van der Waals surface area contributed by atoms with Gasteiger partial charge in [0.2, 0.25) is 0 Å². The average Bonchev–Trinajstić information content (AvgIpc) is 2.43. The highest BCUT2D eigenvalue weighted by Crippen LogP contribution is 2.19. The van der Waals surface area contributed by atoms with E-state index in [0.29, 0.717) is 6.42 Å². The minimum absolute atomic E-state index is 0.0566. The van der Waals surface area contributed by atoms with E-state index in [4.69, 9.17) is 5.11 Å². The Morgan fingerprint density at radius 3 is 1.64 bits per heavy atom. The fourth-order valence-corrected chi connectivity index (χ4v) is 2.47. The van der Waals surface area contributed by atoms with Gasteiger partial charge in [0.1, 0.15) is 0 Å². The summed E-state index contributed by atoms with van der Waals surface area (Å²) in [5, 5.41) is 18.7. The first-order valence-corrected chi connectivity index (χ1v) is 8.57. The summed E-state index contributed by atoms with van der Waals surface area (Å²) < 4.78 is 4.51. The van der Waals surface area contributed by atoms with Crippen molar-refractivity contribution in [1.82, 2.24) is 0 Å². The molecule has 0 saturated heterocycles. The number of aliphatic carboxylic acids is 1. The molecular formula is C17H32O5. The highest BCUT2D eigenvalue weighted by Gasteiger charge is 2.39. The number of carboxylic acids is 1. The lowest BCUT2D eigenvalue weighted by Gasteiger charge is -2.22. The van der Waals surface area contributed by atoms with Crippen LogP contribution in [0, 0.1) is 0 Å². The van der Waals surface area contributed by atoms with Crippen molar-refractivity contribution in [2.45, 2.75) is 96.7 Å². The highest BCUT2D eigenvalue weighted by molar-refractivity contribution is 5.79. The van der Waals surface area contributed by atoms with E-state index in [1.807, 2.05) is 0 Å². The molecule has 5 nitrogen and oxygen atoms in total. The van der Waals surface area contributed by atoms with E-state index in [0.717, 1.165) is 26.2 Å². The largest absolute Gasteiger partial charge is 0.476 e. The number of carboxylic acid groups (broad SMARTS) is 1. The quantitative estimate of drug-likeness (QED) is 0.287. The zero-order valence-electron chi connectivity index (χ0n) is 14.1. The number of unbranched alkanes of at least 4 members (excludes halogenated alkanes) is 10. The van der Waals surface area contributed by atoms with Gasteiger partial charge in [0.25, 0.3) is 0 Å². The molecule has 0 unspecified atom stereocenters. The number of rotatable bonds is 14. The second-order valence-corrected chi connectivity index (χ2v) is 5.97. The molecule has 0 saturated carbocycles. The number of ether oxygens (including phenoxy) is 1. The molecule has 5 heteroatoms. The van der Waals surface area contributed by atoms with Crippen LogP contribution in [0.1, 0.15) is 90.9 Å². The van der Waals surface area contributed by atoms with Gasteiger partial charge in [0.05, 0.1) is 0 Å².